The largest absolute Gasteiger partial charge is 0.345 e. The van der Waals surface area contributed by atoms with E-state index < -0.39 is 0 Å². The predicted molar refractivity (Wildman–Crippen MR) is 64.2 cm³/mol. The van der Waals surface area contributed by atoms with E-state index in [0.29, 0.717) is 12.1 Å². The smallest absolute Gasteiger partial charge is 0.251 e. The van der Waals surface area contributed by atoms with E-state index in [1.54, 1.807) is 0 Å². The highest BCUT2D eigenvalue weighted by molar-refractivity contribution is 5.94. The van der Waals surface area contributed by atoms with Crippen molar-refractivity contribution in [3.63, 3.8) is 0 Å². The average Bonchev–Trinajstić information content (AvgIpc) is 2.79. The SMILES string of the molecule is NCC1(NC(=O)c2ccccc2)CCCC1. The van der Waals surface area contributed by atoms with Gasteiger partial charge < -0.3 is 11.1 Å². The number of nitrogens with two attached hydrogens (primary N) is 1. The van der Waals surface area contributed by atoms with Gasteiger partial charge in [-0.15, -0.1) is 0 Å². The van der Waals surface area contributed by atoms with E-state index in [4.69, 9.17) is 5.73 Å². The third-order valence-electron chi connectivity index (χ3n) is 3.37. The third kappa shape index (κ3) is 2.25. The molecule has 0 heterocycles. The summed E-state index contributed by atoms with van der Waals surface area (Å²) in [6.45, 7) is 0.533. The third-order valence-corrected chi connectivity index (χ3v) is 3.37. The molecule has 0 spiro atoms. The van der Waals surface area contributed by atoms with Gasteiger partial charge in [0.15, 0.2) is 0 Å². The van der Waals surface area contributed by atoms with Crippen molar-refractivity contribution in [2.24, 2.45) is 5.73 Å². The fourth-order valence-electron chi connectivity index (χ4n) is 2.33. The monoisotopic (exact) mass is 218 g/mol. The van der Waals surface area contributed by atoms with E-state index in [1.807, 2.05) is 30.3 Å². The minimum Gasteiger partial charge on any atom is -0.345 e. The molecule has 0 aromatic heterocycles. The van der Waals surface area contributed by atoms with E-state index >= 15 is 0 Å². The van der Waals surface area contributed by atoms with E-state index in [2.05, 4.69) is 5.32 Å². The first-order valence-corrected chi connectivity index (χ1v) is 5.83. The lowest BCUT2D eigenvalue weighted by Gasteiger charge is -2.28. The van der Waals surface area contributed by atoms with Crippen molar-refractivity contribution in [2.45, 2.75) is 31.2 Å². The van der Waals surface area contributed by atoms with Gasteiger partial charge in [0.25, 0.3) is 5.91 Å². The van der Waals surface area contributed by atoms with Crippen LogP contribution in [0.1, 0.15) is 36.0 Å². The number of hydrogen-bond donors (Lipinski definition) is 2. The number of nitrogens with one attached hydrogen (secondary N) is 1. The maximum atomic E-state index is 12.0. The molecule has 3 heteroatoms. The first-order chi connectivity index (χ1) is 7.76. The molecule has 1 aromatic carbocycles. The summed E-state index contributed by atoms with van der Waals surface area (Å²) in [5.41, 5.74) is 6.33. The number of carbonyl (C=O) groups excluding carboxylic acids is 1. The average molecular weight is 218 g/mol. The van der Waals surface area contributed by atoms with Crippen LogP contribution in [0.5, 0.6) is 0 Å². The summed E-state index contributed by atoms with van der Waals surface area (Å²) in [7, 11) is 0. The second kappa shape index (κ2) is 4.66. The van der Waals surface area contributed by atoms with Crippen LogP contribution in [-0.4, -0.2) is 18.0 Å². The number of rotatable bonds is 3. The van der Waals surface area contributed by atoms with Crippen molar-refractivity contribution in [1.29, 1.82) is 0 Å². The Labute approximate surface area is 96.0 Å². The van der Waals surface area contributed by atoms with Gasteiger partial charge in [-0.1, -0.05) is 31.0 Å². The second-order valence-corrected chi connectivity index (χ2v) is 4.51. The lowest BCUT2D eigenvalue weighted by atomic mass is 9.97. The Morgan fingerprint density at radius 3 is 2.44 bits per heavy atom. The number of carbonyl (C=O) groups is 1. The van der Waals surface area contributed by atoms with E-state index in [-0.39, 0.29) is 11.4 Å². The Kier molecular flexibility index (Phi) is 3.25. The van der Waals surface area contributed by atoms with Crippen LogP contribution in [-0.2, 0) is 0 Å². The van der Waals surface area contributed by atoms with Crippen molar-refractivity contribution < 1.29 is 4.79 Å². The topological polar surface area (TPSA) is 55.1 Å². The highest BCUT2D eigenvalue weighted by Crippen LogP contribution is 2.28. The van der Waals surface area contributed by atoms with Crippen LogP contribution >= 0.6 is 0 Å². The molecule has 16 heavy (non-hydrogen) atoms. The predicted octanol–water partition coefficient (Wildman–Crippen LogP) is 1.69. The van der Waals surface area contributed by atoms with Crippen LogP contribution in [0.25, 0.3) is 0 Å². The fraction of sp³-hybridized carbons (Fsp3) is 0.462. The van der Waals surface area contributed by atoms with Gasteiger partial charge in [-0.3, -0.25) is 4.79 Å². The van der Waals surface area contributed by atoms with Crippen molar-refractivity contribution in [2.75, 3.05) is 6.54 Å². The van der Waals surface area contributed by atoms with Gasteiger partial charge >= 0.3 is 0 Å². The zero-order valence-electron chi connectivity index (χ0n) is 9.41. The number of benzene rings is 1. The van der Waals surface area contributed by atoms with Crippen molar-refractivity contribution in [1.82, 2.24) is 5.32 Å². The van der Waals surface area contributed by atoms with Crippen LogP contribution in [0.4, 0.5) is 0 Å². The molecule has 1 amide bonds. The summed E-state index contributed by atoms with van der Waals surface area (Å²) in [4.78, 5) is 12.0. The van der Waals surface area contributed by atoms with Crippen LogP contribution in [0.15, 0.2) is 30.3 Å². The zero-order chi connectivity index (χ0) is 11.4. The number of hydrogen-bond acceptors (Lipinski definition) is 2. The molecule has 1 aliphatic rings. The highest BCUT2D eigenvalue weighted by Gasteiger charge is 2.33. The van der Waals surface area contributed by atoms with Gasteiger partial charge in [0.05, 0.1) is 5.54 Å². The zero-order valence-corrected chi connectivity index (χ0v) is 9.41. The Bertz CT molecular complexity index is 355. The molecule has 1 aromatic rings. The Hall–Kier alpha value is -1.35. The molecule has 0 aliphatic heterocycles. The van der Waals surface area contributed by atoms with Gasteiger partial charge in [-0.05, 0) is 25.0 Å². The first-order valence-electron chi connectivity index (χ1n) is 5.83. The standard InChI is InChI=1S/C13H18N2O/c14-10-13(8-4-5-9-13)15-12(16)11-6-2-1-3-7-11/h1-3,6-7H,4-5,8-10,14H2,(H,15,16). The highest BCUT2D eigenvalue weighted by atomic mass is 16.1. The minimum atomic E-state index is -0.160. The molecule has 1 fully saturated rings. The molecule has 0 atom stereocenters. The minimum absolute atomic E-state index is 0.00653. The maximum Gasteiger partial charge on any atom is 0.251 e. The Morgan fingerprint density at radius 2 is 1.88 bits per heavy atom. The van der Waals surface area contributed by atoms with Gasteiger partial charge in [0.2, 0.25) is 0 Å². The van der Waals surface area contributed by atoms with Crippen LogP contribution in [0, 0.1) is 0 Å². The van der Waals surface area contributed by atoms with Crippen molar-refractivity contribution in [3.05, 3.63) is 35.9 Å². The summed E-state index contributed by atoms with van der Waals surface area (Å²) >= 11 is 0. The maximum absolute atomic E-state index is 12.0. The molecule has 1 saturated carbocycles. The normalized spacial score (nSPS) is 18.3. The summed E-state index contributed by atoms with van der Waals surface area (Å²) in [5.74, 6) is -0.00653. The van der Waals surface area contributed by atoms with Crippen molar-refractivity contribution in [3.8, 4) is 0 Å². The summed E-state index contributed by atoms with van der Waals surface area (Å²) in [5, 5.41) is 3.09. The van der Waals surface area contributed by atoms with Crippen LogP contribution in [0.3, 0.4) is 0 Å². The molecule has 0 bridgehead atoms. The molecular weight excluding hydrogens is 200 g/mol. The molecule has 1 aliphatic carbocycles. The molecule has 2 rings (SSSR count). The summed E-state index contributed by atoms with van der Waals surface area (Å²) < 4.78 is 0. The summed E-state index contributed by atoms with van der Waals surface area (Å²) in [6.07, 6.45) is 4.32. The van der Waals surface area contributed by atoms with Gasteiger partial charge in [-0.2, -0.15) is 0 Å². The molecule has 3 N–H and O–H groups in total. The van der Waals surface area contributed by atoms with Gasteiger partial charge in [0, 0.05) is 12.1 Å². The first kappa shape index (κ1) is 11.1. The lowest BCUT2D eigenvalue weighted by molar-refractivity contribution is 0.0903. The van der Waals surface area contributed by atoms with Gasteiger partial charge in [0.1, 0.15) is 0 Å². The van der Waals surface area contributed by atoms with Crippen LogP contribution < -0.4 is 11.1 Å². The molecule has 86 valence electrons. The van der Waals surface area contributed by atoms with E-state index in [1.165, 1.54) is 0 Å². The quantitative estimate of drug-likeness (QED) is 0.811. The molecular formula is C13H18N2O. The molecule has 3 nitrogen and oxygen atoms in total. The molecule has 0 radical (unpaired) electrons. The Balaban J connectivity index is 2.07. The second-order valence-electron chi connectivity index (χ2n) is 4.51. The van der Waals surface area contributed by atoms with Gasteiger partial charge in [-0.25, -0.2) is 0 Å². The number of amides is 1. The fourth-order valence-corrected chi connectivity index (χ4v) is 2.33. The van der Waals surface area contributed by atoms with E-state index in [9.17, 15) is 4.79 Å². The van der Waals surface area contributed by atoms with E-state index in [0.717, 1.165) is 25.7 Å². The Morgan fingerprint density at radius 1 is 1.25 bits per heavy atom. The summed E-state index contributed by atoms with van der Waals surface area (Å²) in [6, 6.07) is 9.31. The van der Waals surface area contributed by atoms with Crippen LogP contribution in [0.2, 0.25) is 0 Å². The van der Waals surface area contributed by atoms with Crippen molar-refractivity contribution >= 4 is 5.91 Å². The molecule has 0 unspecified atom stereocenters. The molecule has 0 saturated heterocycles. The lowest BCUT2D eigenvalue weighted by Crippen LogP contribution is -2.51.